The fraction of sp³-hybridized carbons (Fsp3) is 0.182. The molecule has 0 atom stereocenters. The molecule has 78 valence electrons. The Morgan fingerprint density at radius 3 is 2.87 bits per heavy atom. The van der Waals surface area contributed by atoms with Gasteiger partial charge in [-0.05, 0) is 12.1 Å². The number of nitrogens with two attached hydrogens (primary N) is 1. The van der Waals surface area contributed by atoms with Gasteiger partial charge in [-0.25, -0.2) is 0 Å². The van der Waals surface area contributed by atoms with Gasteiger partial charge in [0.2, 0.25) is 0 Å². The topological polar surface area (TPSA) is 72.5 Å². The maximum absolute atomic E-state index is 10.7. The van der Waals surface area contributed by atoms with Crippen molar-refractivity contribution >= 4 is 6.29 Å². The van der Waals surface area contributed by atoms with Crippen LogP contribution in [0.5, 0.6) is 11.5 Å². The van der Waals surface area contributed by atoms with Crippen LogP contribution < -0.4 is 10.5 Å². The molecule has 0 aromatic heterocycles. The minimum atomic E-state index is -0.136. The van der Waals surface area contributed by atoms with E-state index in [1.54, 1.807) is 0 Å². The van der Waals surface area contributed by atoms with Gasteiger partial charge in [0.25, 0.3) is 0 Å². The number of aromatic hydroxyl groups is 1. The van der Waals surface area contributed by atoms with Gasteiger partial charge in [-0.3, -0.25) is 4.79 Å². The predicted molar refractivity (Wildman–Crippen MR) is 56.0 cm³/mol. The Morgan fingerprint density at radius 1 is 1.60 bits per heavy atom. The number of carbonyl (C=O) groups excluding carboxylic acids is 1. The van der Waals surface area contributed by atoms with E-state index >= 15 is 0 Å². The van der Waals surface area contributed by atoms with E-state index in [0.29, 0.717) is 11.8 Å². The molecule has 0 saturated heterocycles. The van der Waals surface area contributed by atoms with Gasteiger partial charge in [0.15, 0.2) is 17.8 Å². The maximum atomic E-state index is 10.7. The number of hydrogen-bond donors (Lipinski definition) is 2. The van der Waals surface area contributed by atoms with E-state index in [9.17, 15) is 9.90 Å². The average molecular weight is 205 g/mol. The van der Waals surface area contributed by atoms with E-state index in [1.807, 2.05) is 0 Å². The van der Waals surface area contributed by atoms with E-state index < -0.39 is 0 Å². The van der Waals surface area contributed by atoms with Gasteiger partial charge >= 0.3 is 0 Å². The van der Waals surface area contributed by atoms with Crippen molar-refractivity contribution in [3.63, 3.8) is 0 Å². The van der Waals surface area contributed by atoms with Crippen LogP contribution >= 0.6 is 0 Å². The van der Waals surface area contributed by atoms with Crippen molar-refractivity contribution in [2.24, 2.45) is 5.73 Å². The van der Waals surface area contributed by atoms with Crippen molar-refractivity contribution in [1.29, 1.82) is 0 Å². The highest BCUT2D eigenvalue weighted by atomic mass is 16.5. The zero-order valence-corrected chi connectivity index (χ0v) is 8.28. The molecule has 4 nitrogen and oxygen atoms in total. The van der Waals surface area contributed by atoms with Crippen molar-refractivity contribution < 1.29 is 14.6 Å². The number of rotatable bonds is 2. The summed E-state index contributed by atoms with van der Waals surface area (Å²) in [4.78, 5) is 10.7. The second kappa shape index (κ2) is 5.03. The average Bonchev–Trinajstić information content (AvgIpc) is 2.27. The summed E-state index contributed by atoms with van der Waals surface area (Å²) in [6.07, 6.45) is 0.625. The van der Waals surface area contributed by atoms with Crippen molar-refractivity contribution in [3.8, 4) is 23.3 Å². The Hall–Kier alpha value is -1.99. The summed E-state index contributed by atoms with van der Waals surface area (Å²) >= 11 is 0. The Balaban J connectivity index is 3.35. The minimum Gasteiger partial charge on any atom is -0.503 e. The minimum absolute atomic E-state index is 0.136. The summed E-state index contributed by atoms with van der Waals surface area (Å²) in [7, 11) is 1.43. The lowest BCUT2D eigenvalue weighted by atomic mass is 10.1. The molecule has 0 radical (unpaired) electrons. The van der Waals surface area contributed by atoms with Crippen LogP contribution in [-0.2, 0) is 0 Å². The Kier molecular flexibility index (Phi) is 3.72. The largest absolute Gasteiger partial charge is 0.503 e. The van der Waals surface area contributed by atoms with E-state index in [4.69, 9.17) is 10.5 Å². The molecule has 4 heteroatoms. The van der Waals surface area contributed by atoms with Crippen molar-refractivity contribution in [2.75, 3.05) is 13.7 Å². The molecular weight excluding hydrogens is 194 g/mol. The molecule has 0 fully saturated rings. The number of ether oxygens (including phenoxy) is 1. The number of methoxy groups -OCH3 is 1. The molecule has 0 aliphatic rings. The number of phenols is 1. The van der Waals surface area contributed by atoms with Crippen LogP contribution in [0.2, 0.25) is 0 Å². The van der Waals surface area contributed by atoms with Gasteiger partial charge < -0.3 is 15.6 Å². The third kappa shape index (κ3) is 2.27. The van der Waals surface area contributed by atoms with Crippen LogP contribution in [-0.4, -0.2) is 25.0 Å². The molecule has 0 aliphatic carbocycles. The molecule has 3 N–H and O–H groups in total. The summed E-state index contributed by atoms with van der Waals surface area (Å²) in [5.41, 5.74) is 5.77. The van der Waals surface area contributed by atoms with Gasteiger partial charge in [0, 0.05) is 5.56 Å². The first-order valence-electron chi connectivity index (χ1n) is 4.28. The first kappa shape index (κ1) is 11.1. The maximum Gasteiger partial charge on any atom is 0.174 e. The van der Waals surface area contributed by atoms with Crippen molar-refractivity contribution in [3.05, 3.63) is 23.3 Å². The molecule has 0 unspecified atom stereocenters. The molecule has 0 aliphatic heterocycles. The van der Waals surface area contributed by atoms with Crippen LogP contribution in [0.1, 0.15) is 15.9 Å². The lowest BCUT2D eigenvalue weighted by Crippen LogP contribution is -1.95. The van der Waals surface area contributed by atoms with Crippen LogP contribution in [0.4, 0.5) is 0 Å². The van der Waals surface area contributed by atoms with Gasteiger partial charge in [-0.15, -0.1) is 0 Å². The number of hydrogen-bond acceptors (Lipinski definition) is 4. The highest BCUT2D eigenvalue weighted by molar-refractivity contribution is 5.82. The summed E-state index contributed by atoms with van der Waals surface area (Å²) < 4.78 is 4.90. The van der Waals surface area contributed by atoms with Gasteiger partial charge in [0.05, 0.1) is 19.2 Å². The third-order valence-electron chi connectivity index (χ3n) is 1.84. The fourth-order valence-electron chi connectivity index (χ4n) is 1.12. The smallest absolute Gasteiger partial charge is 0.174 e. The molecule has 0 heterocycles. The summed E-state index contributed by atoms with van der Waals surface area (Å²) in [5, 5.41) is 9.70. The molecule has 15 heavy (non-hydrogen) atoms. The summed E-state index contributed by atoms with van der Waals surface area (Å²) in [6, 6.07) is 3.04. The van der Waals surface area contributed by atoms with Crippen LogP contribution in [0.25, 0.3) is 0 Å². The first-order chi connectivity index (χ1) is 7.24. The molecule has 1 rings (SSSR count). The van der Waals surface area contributed by atoms with E-state index in [2.05, 4.69) is 11.8 Å². The molecule has 0 amide bonds. The van der Waals surface area contributed by atoms with Gasteiger partial charge in [-0.2, -0.15) is 0 Å². The normalized spacial score (nSPS) is 8.93. The standard InChI is InChI=1S/C11H11NO3/c1-15-10-5-4-8(7-13)9(11(10)14)3-2-6-12/h4-5,7,14H,6,12H2,1H3. The second-order valence-corrected chi connectivity index (χ2v) is 2.70. The Morgan fingerprint density at radius 2 is 2.33 bits per heavy atom. The molecule has 0 bridgehead atoms. The van der Waals surface area contributed by atoms with Gasteiger partial charge in [-0.1, -0.05) is 11.8 Å². The second-order valence-electron chi connectivity index (χ2n) is 2.70. The van der Waals surface area contributed by atoms with Crippen LogP contribution in [0, 0.1) is 11.8 Å². The zero-order valence-electron chi connectivity index (χ0n) is 8.28. The Labute approximate surface area is 87.7 Å². The highest BCUT2D eigenvalue weighted by Gasteiger charge is 2.10. The number of phenolic OH excluding ortho intramolecular Hbond substituents is 1. The fourth-order valence-corrected chi connectivity index (χ4v) is 1.12. The van der Waals surface area contributed by atoms with Crippen molar-refractivity contribution in [1.82, 2.24) is 0 Å². The third-order valence-corrected chi connectivity index (χ3v) is 1.84. The lowest BCUT2D eigenvalue weighted by molar-refractivity contribution is 0.112. The molecule has 0 saturated carbocycles. The number of aldehydes is 1. The van der Waals surface area contributed by atoms with E-state index in [1.165, 1.54) is 19.2 Å². The molecular formula is C11H11NO3. The van der Waals surface area contributed by atoms with E-state index in [0.717, 1.165) is 0 Å². The van der Waals surface area contributed by atoms with E-state index in [-0.39, 0.29) is 23.6 Å². The number of carbonyl (C=O) groups is 1. The monoisotopic (exact) mass is 205 g/mol. The molecule has 1 aromatic rings. The highest BCUT2D eigenvalue weighted by Crippen LogP contribution is 2.30. The summed E-state index contributed by atoms with van der Waals surface area (Å²) in [5.74, 6) is 5.35. The molecule has 1 aromatic carbocycles. The quantitative estimate of drug-likeness (QED) is 0.545. The van der Waals surface area contributed by atoms with Gasteiger partial charge in [0.1, 0.15) is 0 Å². The SMILES string of the molecule is COc1ccc(C=O)c(C#CCN)c1O. The molecule has 0 spiro atoms. The summed E-state index contributed by atoms with van der Waals surface area (Å²) in [6.45, 7) is 0.162. The van der Waals surface area contributed by atoms with Crippen molar-refractivity contribution in [2.45, 2.75) is 0 Å². The van der Waals surface area contributed by atoms with Crippen LogP contribution in [0.3, 0.4) is 0 Å². The zero-order chi connectivity index (χ0) is 11.3. The Bertz CT molecular complexity index is 429. The predicted octanol–water partition coefficient (Wildman–Crippen LogP) is 0.523. The number of benzene rings is 1. The van der Waals surface area contributed by atoms with Crippen LogP contribution in [0.15, 0.2) is 12.1 Å². The first-order valence-corrected chi connectivity index (χ1v) is 4.28. The lowest BCUT2D eigenvalue weighted by Gasteiger charge is -2.06.